The number of hydrogen-bond acceptors (Lipinski definition) is 3. The maximum Gasteiger partial charge on any atom is 0.245 e. The van der Waals surface area contributed by atoms with Gasteiger partial charge in [-0.25, -0.2) is 4.98 Å². The molecule has 2 aromatic rings. The summed E-state index contributed by atoms with van der Waals surface area (Å²) in [5, 5.41) is 4.25. The Morgan fingerprint density at radius 2 is 2.19 bits per heavy atom. The Hall–Kier alpha value is -2.11. The van der Waals surface area contributed by atoms with Crippen LogP contribution in [0.2, 0.25) is 0 Å². The molecule has 1 amide bonds. The van der Waals surface area contributed by atoms with Crippen molar-refractivity contribution in [2.24, 2.45) is 0 Å². The maximum absolute atomic E-state index is 12.7. The highest BCUT2D eigenvalue weighted by Gasteiger charge is 2.22. The zero-order chi connectivity index (χ0) is 15.4. The third-order valence-corrected chi connectivity index (χ3v) is 3.71. The molecule has 0 aromatic carbocycles. The van der Waals surface area contributed by atoms with Crippen LogP contribution in [0.1, 0.15) is 38.2 Å². The fourth-order valence-corrected chi connectivity index (χ4v) is 2.41. The molecule has 0 fully saturated rings. The van der Waals surface area contributed by atoms with Gasteiger partial charge in [-0.3, -0.25) is 9.48 Å². The monoisotopic (exact) mass is 289 g/mol. The molecule has 0 aliphatic carbocycles. The summed E-state index contributed by atoms with van der Waals surface area (Å²) in [7, 11) is 0. The van der Waals surface area contributed by atoms with E-state index in [-0.39, 0.29) is 11.9 Å². The van der Waals surface area contributed by atoms with Gasteiger partial charge in [-0.2, -0.15) is 5.10 Å². The van der Waals surface area contributed by atoms with Crippen LogP contribution in [0.15, 0.2) is 24.8 Å². The van der Waals surface area contributed by atoms with Crippen molar-refractivity contribution >= 4 is 5.91 Å². The third kappa shape index (κ3) is 3.32. The number of aryl methyl sites for hydroxylation is 2. The number of hydrogen-bond donors (Lipinski definition) is 0. The van der Waals surface area contributed by atoms with Gasteiger partial charge in [-0.05, 0) is 27.7 Å². The van der Waals surface area contributed by atoms with Gasteiger partial charge in [0, 0.05) is 43.8 Å². The molecular weight excluding hydrogens is 266 g/mol. The minimum atomic E-state index is -0.242. The molecule has 0 aliphatic rings. The van der Waals surface area contributed by atoms with E-state index in [2.05, 4.69) is 10.1 Å². The van der Waals surface area contributed by atoms with Gasteiger partial charge in [-0.1, -0.05) is 0 Å². The van der Waals surface area contributed by atoms with Crippen LogP contribution in [0.4, 0.5) is 0 Å². The van der Waals surface area contributed by atoms with Crippen molar-refractivity contribution in [2.45, 2.75) is 46.8 Å². The molecule has 6 nitrogen and oxygen atoms in total. The van der Waals surface area contributed by atoms with Gasteiger partial charge in [0.05, 0.1) is 6.20 Å². The summed E-state index contributed by atoms with van der Waals surface area (Å²) in [5.41, 5.74) is 1.06. The minimum Gasteiger partial charge on any atom is -0.337 e. The van der Waals surface area contributed by atoms with Gasteiger partial charge >= 0.3 is 0 Å². The van der Waals surface area contributed by atoms with Crippen molar-refractivity contribution in [1.82, 2.24) is 24.2 Å². The molecule has 0 radical (unpaired) electrons. The lowest BCUT2D eigenvalue weighted by Gasteiger charge is -2.25. The van der Waals surface area contributed by atoms with E-state index in [0.717, 1.165) is 17.9 Å². The average Bonchev–Trinajstić information content (AvgIpc) is 3.11. The summed E-state index contributed by atoms with van der Waals surface area (Å²) in [6.07, 6.45) is 7.39. The summed E-state index contributed by atoms with van der Waals surface area (Å²) in [6.45, 7) is 9.96. The zero-order valence-corrected chi connectivity index (χ0v) is 13.2. The van der Waals surface area contributed by atoms with Crippen molar-refractivity contribution in [3.63, 3.8) is 0 Å². The lowest BCUT2D eigenvalue weighted by molar-refractivity contribution is -0.134. The second-order valence-corrected chi connectivity index (χ2v) is 5.11. The van der Waals surface area contributed by atoms with E-state index in [4.69, 9.17) is 0 Å². The molecule has 1 unspecified atom stereocenters. The van der Waals surface area contributed by atoms with E-state index < -0.39 is 0 Å². The topological polar surface area (TPSA) is 56.0 Å². The van der Waals surface area contributed by atoms with E-state index in [1.807, 2.05) is 60.4 Å². The molecule has 21 heavy (non-hydrogen) atoms. The van der Waals surface area contributed by atoms with Gasteiger partial charge in [0.2, 0.25) is 5.91 Å². The van der Waals surface area contributed by atoms with Crippen molar-refractivity contribution in [2.75, 3.05) is 6.54 Å². The zero-order valence-electron chi connectivity index (χ0n) is 13.2. The number of rotatable bonds is 6. The summed E-state index contributed by atoms with van der Waals surface area (Å²) in [6, 6.07) is -0.242. The van der Waals surface area contributed by atoms with Crippen molar-refractivity contribution < 1.29 is 4.79 Å². The maximum atomic E-state index is 12.7. The predicted octanol–water partition coefficient (Wildman–Crippen LogP) is 2.02. The van der Waals surface area contributed by atoms with Crippen LogP contribution in [0.3, 0.4) is 0 Å². The molecule has 2 aromatic heterocycles. The van der Waals surface area contributed by atoms with Crippen LogP contribution in [0.25, 0.3) is 0 Å². The molecule has 0 spiro atoms. The van der Waals surface area contributed by atoms with Crippen molar-refractivity contribution in [3.05, 3.63) is 36.2 Å². The Balaban J connectivity index is 2.09. The van der Waals surface area contributed by atoms with Crippen LogP contribution in [-0.2, 0) is 17.9 Å². The standard InChI is InChI=1S/C15H23N5O/c1-5-18(10-14-9-17-19(6-2)11-14)15(21)12(3)20-8-7-16-13(20)4/h7-9,11-12H,5-6,10H2,1-4H3. The second-order valence-electron chi connectivity index (χ2n) is 5.11. The first-order chi connectivity index (χ1) is 10.1. The van der Waals surface area contributed by atoms with Crippen LogP contribution < -0.4 is 0 Å². The summed E-state index contributed by atoms with van der Waals surface area (Å²) >= 11 is 0. The number of aromatic nitrogens is 4. The smallest absolute Gasteiger partial charge is 0.245 e. The van der Waals surface area contributed by atoms with Crippen molar-refractivity contribution in [3.8, 4) is 0 Å². The molecule has 2 rings (SSSR count). The molecule has 0 aliphatic heterocycles. The Morgan fingerprint density at radius 1 is 1.43 bits per heavy atom. The second kappa shape index (κ2) is 6.56. The molecule has 2 heterocycles. The lowest BCUT2D eigenvalue weighted by atomic mass is 10.2. The number of imidazole rings is 1. The van der Waals surface area contributed by atoms with E-state index in [1.54, 1.807) is 6.20 Å². The van der Waals surface area contributed by atoms with Crippen molar-refractivity contribution in [1.29, 1.82) is 0 Å². The van der Waals surface area contributed by atoms with E-state index in [9.17, 15) is 4.79 Å². The van der Waals surface area contributed by atoms with Gasteiger partial charge in [0.1, 0.15) is 11.9 Å². The molecule has 1 atom stereocenters. The summed E-state index contributed by atoms with van der Waals surface area (Å²) in [4.78, 5) is 18.7. The Bertz CT molecular complexity index is 601. The van der Waals surface area contributed by atoms with Gasteiger partial charge in [0.15, 0.2) is 0 Å². The Labute approximate surface area is 125 Å². The van der Waals surface area contributed by atoms with E-state index in [0.29, 0.717) is 13.1 Å². The first-order valence-electron chi connectivity index (χ1n) is 7.36. The van der Waals surface area contributed by atoms with Crippen LogP contribution in [-0.4, -0.2) is 36.7 Å². The van der Waals surface area contributed by atoms with Gasteiger partial charge < -0.3 is 9.47 Å². The molecule has 6 heteroatoms. The quantitative estimate of drug-likeness (QED) is 0.817. The highest BCUT2D eigenvalue weighted by Crippen LogP contribution is 2.14. The van der Waals surface area contributed by atoms with Crippen LogP contribution in [0, 0.1) is 6.92 Å². The Morgan fingerprint density at radius 3 is 2.71 bits per heavy atom. The number of likely N-dealkylation sites (N-methyl/N-ethyl adjacent to an activating group) is 1. The normalized spacial score (nSPS) is 12.4. The summed E-state index contributed by atoms with van der Waals surface area (Å²) < 4.78 is 3.78. The predicted molar refractivity (Wildman–Crippen MR) is 80.7 cm³/mol. The minimum absolute atomic E-state index is 0.0999. The first kappa shape index (κ1) is 15.3. The fraction of sp³-hybridized carbons (Fsp3) is 0.533. The van der Waals surface area contributed by atoms with Gasteiger partial charge in [0.25, 0.3) is 0 Å². The van der Waals surface area contributed by atoms with Crippen LogP contribution >= 0.6 is 0 Å². The summed E-state index contributed by atoms with van der Waals surface area (Å²) in [5.74, 6) is 0.952. The molecular formula is C15H23N5O. The molecule has 0 saturated carbocycles. The molecule has 0 bridgehead atoms. The highest BCUT2D eigenvalue weighted by molar-refractivity contribution is 5.80. The van der Waals surface area contributed by atoms with Crippen LogP contribution in [0.5, 0.6) is 0 Å². The van der Waals surface area contributed by atoms with E-state index in [1.165, 1.54) is 0 Å². The number of nitrogens with zero attached hydrogens (tertiary/aromatic N) is 5. The number of carbonyl (C=O) groups excluding carboxylic acids is 1. The largest absolute Gasteiger partial charge is 0.337 e. The molecule has 0 saturated heterocycles. The Kier molecular flexibility index (Phi) is 4.77. The first-order valence-corrected chi connectivity index (χ1v) is 7.36. The average molecular weight is 289 g/mol. The van der Waals surface area contributed by atoms with Gasteiger partial charge in [-0.15, -0.1) is 0 Å². The SMILES string of the molecule is CCN(Cc1cnn(CC)c1)C(=O)C(C)n1ccnc1C. The highest BCUT2D eigenvalue weighted by atomic mass is 16.2. The van der Waals surface area contributed by atoms with E-state index >= 15 is 0 Å². The lowest BCUT2D eigenvalue weighted by Crippen LogP contribution is -2.35. The number of carbonyl (C=O) groups is 1. The number of amides is 1. The fourth-order valence-electron chi connectivity index (χ4n) is 2.41. The molecule has 114 valence electrons. The molecule has 0 N–H and O–H groups in total. The third-order valence-electron chi connectivity index (χ3n) is 3.71.